The molecule has 0 unspecified atom stereocenters. The molecule has 0 spiro atoms. The van der Waals surface area contributed by atoms with E-state index in [1.807, 2.05) is 12.1 Å². The van der Waals surface area contributed by atoms with E-state index in [0.29, 0.717) is 24.5 Å². The van der Waals surface area contributed by atoms with Crippen LogP contribution >= 0.6 is 0 Å². The van der Waals surface area contributed by atoms with Gasteiger partial charge < -0.3 is 10.1 Å². The fourth-order valence-corrected chi connectivity index (χ4v) is 4.52. The first-order valence-electron chi connectivity index (χ1n) is 10.8. The average Bonchev–Trinajstić information content (AvgIpc) is 2.80. The molecule has 1 N–H and O–H groups in total. The third-order valence-electron chi connectivity index (χ3n) is 5.60. The molecule has 0 radical (unpaired) electrons. The van der Waals surface area contributed by atoms with E-state index >= 15 is 0 Å². The quantitative estimate of drug-likeness (QED) is 0.337. The Kier molecular flexibility index (Phi) is 6.77. The van der Waals surface area contributed by atoms with Gasteiger partial charge in [-0.15, -0.1) is 0 Å². The molecule has 0 aliphatic heterocycles. The SMILES string of the molecule is C[C@@H](NCCOc1cc(F)cc(-c2ccc(S(C)(=O)=O)cc2)c1)c1cccc2ccccc12. The van der Waals surface area contributed by atoms with Gasteiger partial charge in [-0.05, 0) is 58.7 Å². The molecule has 0 aliphatic rings. The second kappa shape index (κ2) is 9.73. The van der Waals surface area contributed by atoms with Crippen molar-refractivity contribution in [2.45, 2.75) is 17.9 Å². The molecule has 33 heavy (non-hydrogen) atoms. The van der Waals surface area contributed by atoms with E-state index in [4.69, 9.17) is 4.74 Å². The molecule has 0 heterocycles. The molecule has 170 valence electrons. The van der Waals surface area contributed by atoms with Gasteiger partial charge in [0.25, 0.3) is 0 Å². The summed E-state index contributed by atoms with van der Waals surface area (Å²) in [5, 5.41) is 5.89. The lowest BCUT2D eigenvalue weighted by molar-refractivity contribution is 0.306. The van der Waals surface area contributed by atoms with Crippen molar-refractivity contribution in [2.75, 3.05) is 19.4 Å². The van der Waals surface area contributed by atoms with E-state index in [9.17, 15) is 12.8 Å². The summed E-state index contributed by atoms with van der Waals surface area (Å²) in [4.78, 5) is 0.227. The Bertz CT molecular complexity index is 1360. The highest BCUT2D eigenvalue weighted by Crippen LogP contribution is 2.27. The summed E-state index contributed by atoms with van der Waals surface area (Å²) in [7, 11) is -3.28. The van der Waals surface area contributed by atoms with Crippen LogP contribution in [-0.2, 0) is 9.84 Å². The monoisotopic (exact) mass is 463 g/mol. The molecule has 0 aromatic heterocycles. The van der Waals surface area contributed by atoms with Gasteiger partial charge in [0.15, 0.2) is 9.84 Å². The molecular formula is C27H26FNO3S. The number of sulfone groups is 1. The molecular weight excluding hydrogens is 437 g/mol. The minimum absolute atomic E-state index is 0.135. The number of hydrogen-bond donors (Lipinski definition) is 1. The van der Waals surface area contributed by atoms with Crippen molar-refractivity contribution >= 4 is 20.6 Å². The fraction of sp³-hybridized carbons (Fsp3) is 0.185. The first-order chi connectivity index (χ1) is 15.8. The maximum atomic E-state index is 14.2. The lowest BCUT2D eigenvalue weighted by Crippen LogP contribution is -2.24. The van der Waals surface area contributed by atoms with E-state index in [1.54, 1.807) is 18.2 Å². The summed E-state index contributed by atoms with van der Waals surface area (Å²) in [6, 6.07) is 25.6. The highest BCUT2D eigenvalue weighted by atomic mass is 32.2. The van der Waals surface area contributed by atoms with Crippen LogP contribution in [0.2, 0.25) is 0 Å². The topological polar surface area (TPSA) is 55.4 Å². The third kappa shape index (κ3) is 5.59. The Morgan fingerprint density at radius 1 is 0.909 bits per heavy atom. The van der Waals surface area contributed by atoms with E-state index in [2.05, 4.69) is 42.6 Å². The molecule has 0 amide bonds. The maximum Gasteiger partial charge on any atom is 0.175 e. The molecule has 4 nitrogen and oxygen atoms in total. The molecule has 0 fully saturated rings. The second-order valence-corrected chi connectivity index (χ2v) is 10.1. The van der Waals surface area contributed by atoms with Crippen LogP contribution < -0.4 is 10.1 Å². The minimum atomic E-state index is -3.28. The zero-order valence-electron chi connectivity index (χ0n) is 18.6. The van der Waals surface area contributed by atoms with E-state index in [0.717, 1.165) is 11.8 Å². The summed E-state index contributed by atoms with van der Waals surface area (Å²) < 4.78 is 43.3. The zero-order chi connectivity index (χ0) is 23.4. The Morgan fingerprint density at radius 3 is 2.39 bits per heavy atom. The Hall–Kier alpha value is -3.22. The van der Waals surface area contributed by atoms with E-state index < -0.39 is 15.7 Å². The number of halogens is 1. The minimum Gasteiger partial charge on any atom is -0.492 e. The van der Waals surface area contributed by atoms with Crippen LogP contribution in [0.4, 0.5) is 4.39 Å². The number of hydrogen-bond acceptors (Lipinski definition) is 4. The van der Waals surface area contributed by atoms with Crippen molar-refractivity contribution in [3.63, 3.8) is 0 Å². The number of fused-ring (bicyclic) bond motifs is 1. The molecule has 6 heteroatoms. The first-order valence-corrected chi connectivity index (χ1v) is 12.7. The van der Waals surface area contributed by atoms with Gasteiger partial charge in [0, 0.05) is 24.9 Å². The van der Waals surface area contributed by atoms with Crippen LogP contribution in [0, 0.1) is 5.82 Å². The molecule has 4 aromatic rings. The molecule has 0 saturated carbocycles. The maximum absolute atomic E-state index is 14.2. The summed E-state index contributed by atoms with van der Waals surface area (Å²) in [5.74, 6) is 0.0172. The zero-order valence-corrected chi connectivity index (χ0v) is 19.4. The van der Waals surface area contributed by atoms with Crippen LogP contribution in [-0.4, -0.2) is 27.8 Å². The summed E-state index contributed by atoms with van der Waals surface area (Å²) in [5.41, 5.74) is 2.57. The fourth-order valence-electron chi connectivity index (χ4n) is 3.89. The van der Waals surface area contributed by atoms with Crippen LogP contribution in [0.1, 0.15) is 18.5 Å². The molecule has 0 saturated heterocycles. The van der Waals surface area contributed by atoms with Crippen molar-refractivity contribution in [1.29, 1.82) is 0 Å². The predicted molar refractivity (Wildman–Crippen MR) is 131 cm³/mol. The standard InChI is InChI=1S/C27H26FNO3S/c1-19(26-9-5-7-21-6-3-4-8-27(21)26)29-14-15-32-24-17-22(16-23(28)18-24)20-10-12-25(13-11-20)33(2,30)31/h3-13,16-19,29H,14-15H2,1-2H3/t19-/m1/s1. The van der Waals surface area contributed by atoms with Crippen molar-refractivity contribution in [3.05, 3.63) is 96.3 Å². The third-order valence-corrected chi connectivity index (χ3v) is 6.73. The summed E-state index contributed by atoms with van der Waals surface area (Å²) in [6.07, 6.45) is 1.16. The van der Waals surface area contributed by atoms with Gasteiger partial charge in [0.05, 0.1) is 4.90 Å². The lowest BCUT2D eigenvalue weighted by Gasteiger charge is -2.17. The van der Waals surface area contributed by atoms with Gasteiger partial charge in [-0.3, -0.25) is 0 Å². The van der Waals surface area contributed by atoms with Crippen LogP contribution in [0.3, 0.4) is 0 Å². The highest BCUT2D eigenvalue weighted by Gasteiger charge is 2.10. The van der Waals surface area contributed by atoms with Gasteiger partial charge in [0.1, 0.15) is 18.2 Å². The molecule has 1 atom stereocenters. The lowest BCUT2D eigenvalue weighted by atomic mass is 10.00. The van der Waals surface area contributed by atoms with Crippen LogP contribution in [0.15, 0.2) is 89.8 Å². The first kappa shape index (κ1) is 23.0. The van der Waals surface area contributed by atoms with Crippen LogP contribution in [0.25, 0.3) is 21.9 Å². The normalized spacial score (nSPS) is 12.6. The molecule has 0 aliphatic carbocycles. The van der Waals surface area contributed by atoms with Crippen molar-refractivity contribution in [3.8, 4) is 16.9 Å². The van der Waals surface area contributed by atoms with Crippen molar-refractivity contribution < 1.29 is 17.5 Å². The summed E-state index contributed by atoms with van der Waals surface area (Å²) in [6.45, 7) is 3.09. The average molecular weight is 464 g/mol. The number of nitrogens with one attached hydrogen (secondary N) is 1. The molecule has 4 rings (SSSR count). The van der Waals surface area contributed by atoms with Gasteiger partial charge in [-0.25, -0.2) is 12.8 Å². The van der Waals surface area contributed by atoms with E-state index in [-0.39, 0.29) is 10.9 Å². The van der Waals surface area contributed by atoms with Gasteiger partial charge in [-0.2, -0.15) is 0 Å². The number of ether oxygens (including phenoxy) is 1. The van der Waals surface area contributed by atoms with Crippen molar-refractivity contribution in [2.24, 2.45) is 0 Å². The molecule has 0 bridgehead atoms. The Labute approximate surface area is 194 Å². The molecule has 4 aromatic carbocycles. The van der Waals surface area contributed by atoms with Crippen molar-refractivity contribution in [1.82, 2.24) is 5.32 Å². The van der Waals surface area contributed by atoms with Gasteiger partial charge in [-0.1, -0.05) is 54.6 Å². The highest BCUT2D eigenvalue weighted by molar-refractivity contribution is 7.90. The van der Waals surface area contributed by atoms with E-state index in [1.165, 1.54) is 40.6 Å². The Balaban J connectivity index is 1.39. The van der Waals surface area contributed by atoms with Gasteiger partial charge >= 0.3 is 0 Å². The van der Waals surface area contributed by atoms with Crippen LogP contribution in [0.5, 0.6) is 5.75 Å². The smallest absolute Gasteiger partial charge is 0.175 e. The second-order valence-electron chi connectivity index (χ2n) is 8.06. The Morgan fingerprint density at radius 2 is 1.64 bits per heavy atom. The predicted octanol–water partition coefficient (Wildman–Crippen LogP) is 5.78. The number of benzene rings is 4. The largest absolute Gasteiger partial charge is 0.492 e. The number of rotatable bonds is 8. The summed E-state index contributed by atoms with van der Waals surface area (Å²) >= 11 is 0. The van der Waals surface area contributed by atoms with Gasteiger partial charge in [0.2, 0.25) is 0 Å².